The molecule has 2 aromatic carbocycles. The quantitative estimate of drug-likeness (QED) is 0.891. The van der Waals surface area contributed by atoms with Gasteiger partial charge in [0.1, 0.15) is 0 Å². The molecule has 2 amide bonds. The Balaban J connectivity index is 2.66. The van der Waals surface area contributed by atoms with Crippen molar-refractivity contribution in [1.82, 2.24) is 10.6 Å². The number of nitrogens with one attached hydrogen (secondary N) is 2. The maximum absolute atomic E-state index is 13.1. The van der Waals surface area contributed by atoms with Crippen LogP contribution in [0.5, 0.6) is 0 Å². The second kappa shape index (κ2) is 6.96. The molecular formula is C18H17F3N2O2. The number of carbonyl (C=O) groups excluding carboxylic acids is 2. The molecule has 2 rings (SSSR count). The van der Waals surface area contributed by atoms with E-state index in [0.717, 1.165) is 6.07 Å². The van der Waals surface area contributed by atoms with Crippen LogP contribution in [0.3, 0.4) is 0 Å². The fourth-order valence-electron chi connectivity index (χ4n) is 2.45. The van der Waals surface area contributed by atoms with E-state index < -0.39 is 23.6 Å². The minimum atomic E-state index is -4.48. The van der Waals surface area contributed by atoms with E-state index in [2.05, 4.69) is 10.6 Å². The van der Waals surface area contributed by atoms with Gasteiger partial charge in [0.15, 0.2) is 0 Å². The number of benzene rings is 2. The van der Waals surface area contributed by atoms with E-state index in [1.807, 2.05) is 0 Å². The summed E-state index contributed by atoms with van der Waals surface area (Å²) < 4.78 is 39.4. The fraction of sp³-hybridized carbons (Fsp3) is 0.222. The lowest BCUT2D eigenvalue weighted by molar-refractivity contribution is -0.138. The number of alkyl halides is 3. The summed E-state index contributed by atoms with van der Waals surface area (Å²) in [6.07, 6.45) is -4.48. The van der Waals surface area contributed by atoms with E-state index in [4.69, 9.17) is 0 Å². The molecule has 0 saturated carbocycles. The number of rotatable bonds is 3. The van der Waals surface area contributed by atoms with E-state index in [-0.39, 0.29) is 22.3 Å². The Kier molecular flexibility index (Phi) is 5.15. The van der Waals surface area contributed by atoms with Crippen LogP contribution in [0.2, 0.25) is 0 Å². The highest BCUT2D eigenvalue weighted by molar-refractivity contribution is 6.01. The normalized spacial score (nSPS) is 11.1. The molecule has 0 radical (unpaired) electrons. The van der Waals surface area contributed by atoms with E-state index in [1.54, 1.807) is 0 Å². The van der Waals surface area contributed by atoms with Gasteiger partial charge < -0.3 is 10.6 Å². The van der Waals surface area contributed by atoms with Crippen molar-refractivity contribution in [2.45, 2.75) is 13.1 Å². The van der Waals surface area contributed by atoms with Gasteiger partial charge in [-0.1, -0.05) is 12.1 Å². The lowest BCUT2D eigenvalue weighted by Crippen LogP contribution is -2.21. The van der Waals surface area contributed by atoms with Gasteiger partial charge in [-0.25, -0.2) is 0 Å². The first-order valence-electron chi connectivity index (χ1n) is 7.45. The largest absolute Gasteiger partial charge is 0.416 e. The summed E-state index contributed by atoms with van der Waals surface area (Å²) in [6.45, 7) is 1.38. The van der Waals surface area contributed by atoms with Gasteiger partial charge in [-0.05, 0) is 47.9 Å². The molecular weight excluding hydrogens is 333 g/mol. The minimum Gasteiger partial charge on any atom is -0.355 e. The lowest BCUT2D eigenvalue weighted by Gasteiger charge is -2.13. The Hall–Kier alpha value is -2.83. The molecule has 0 saturated heterocycles. The van der Waals surface area contributed by atoms with E-state index >= 15 is 0 Å². The van der Waals surface area contributed by atoms with Crippen LogP contribution in [-0.2, 0) is 6.18 Å². The maximum Gasteiger partial charge on any atom is 0.416 e. The predicted molar refractivity (Wildman–Crippen MR) is 88.4 cm³/mol. The van der Waals surface area contributed by atoms with Crippen LogP contribution < -0.4 is 10.6 Å². The molecule has 0 spiro atoms. The van der Waals surface area contributed by atoms with Crippen molar-refractivity contribution >= 4 is 11.8 Å². The van der Waals surface area contributed by atoms with Crippen molar-refractivity contribution in [3.05, 3.63) is 58.7 Å². The zero-order valence-corrected chi connectivity index (χ0v) is 13.9. The Morgan fingerprint density at radius 3 is 1.80 bits per heavy atom. The number of hydrogen-bond acceptors (Lipinski definition) is 2. The Morgan fingerprint density at radius 1 is 0.840 bits per heavy atom. The molecule has 0 aliphatic rings. The van der Waals surface area contributed by atoms with Crippen molar-refractivity contribution in [2.24, 2.45) is 0 Å². The highest BCUT2D eigenvalue weighted by Gasteiger charge is 2.32. The van der Waals surface area contributed by atoms with Gasteiger partial charge in [0.2, 0.25) is 0 Å². The molecule has 132 valence electrons. The number of carbonyl (C=O) groups is 2. The Morgan fingerprint density at radius 2 is 1.36 bits per heavy atom. The highest BCUT2D eigenvalue weighted by atomic mass is 19.4. The van der Waals surface area contributed by atoms with Crippen LogP contribution in [0.25, 0.3) is 11.1 Å². The molecule has 0 heterocycles. The van der Waals surface area contributed by atoms with E-state index in [1.165, 1.54) is 51.4 Å². The first kappa shape index (κ1) is 18.5. The average Bonchev–Trinajstić information content (AvgIpc) is 2.59. The van der Waals surface area contributed by atoms with Crippen molar-refractivity contribution in [1.29, 1.82) is 0 Å². The topological polar surface area (TPSA) is 58.2 Å². The molecule has 0 aromatic heterocycles. The summed E-state index contributed by atoms with van der Waals surface area (Å²) in [7, 11) is 2.87. The third kappa shape index (κ3) is 3.99. The fourth-order valence-corrected chi connectivity index (χ4v) is 2.45. The maximum atomic E-state index is 13.1. The number of amides is 2. The van der Waals surface area contributed by atoms with Crippen molar-refractivity contribution in [3.63, 3.8) is 0 Å². The smallest absolute Gasteiger partial charge is 0.355 e. The van der Waals surface area contributed by atoms with Crippen LogP contribution in [0, 0.1) is 6.92 Å². The van der Waals surface area contributed by atoms with Gasteiger partial charge in [0.25, 0.3) is 11.8 Å². The van der Waals surface area contributed by atoms with Crippen molar-refractivity contribution < 1.29 is 22.8 Å². The zero-order chi connectivity index (χ0) is 18.8. The summed E-state index contributed by atoms with van der Waals surface area (Å²) >= 11 is 0. The standard InChI is InChI=1S/C18H17F3N2O2/c1-10-4-5-11(9-15(10)18(19,20)21)12-6-13(16(24)22-2)8-14(7-12)17(25)23-3/h4-9H,1-3H3,(H,22,24)(H,23,25). The van der Waals surface area contributed by atoms with Crippen LogP contribution in [-0.4, -0.2) is 25.9 Å². The third-order valence-corrected chi connectivity index (χ3v) is 3.79. The first-order chi connectivity index (χ1) is 11.7. The monoisotopic (exact) mass is 350 g/mol. The van der Waals surface area contributed by atoms with E-state index in [9.17, 15) is 22.8 Å². The van der Waals surface area contributed by atoms with Gasteiger partial charge in [-0.15, -0.1) is 0 Å². The molecule has 0 unspecified atom stereocenters. The third-order valence-electron chi connectivity index (χ3n) is 3.79. The van der Waals surface area contributed by atoms with Crippen LogP contribution in [0.4, 0.5) is 13.2 Å². The molecule has 7 heteroatoms. The highest BCUT2D eigenvalue weighted by Crippen LogP contribution is 2.35. The molecule has 4 nitrogen and oxygen atoms in total. The summed E-state index contributed by atoms with van der Waals surface area (Å²) in [4.78, 5) is 23.8. The van der Waals surface area contributed by atoms with Crippen LogP contribution >= 0.6 is 0 Å². The molecule has 0 bridgehead atoms. The number of aryl methyl sites for hydroxylation is 1. The van der Waals surface area contributed by atoms with E-state index in [0.29, 0.717) is 5.56 Å². The molecule has 0 aliphatic heterocycles. The Bertz CT molecular complexity index is 795. The van der Waals surface area contributed by atoms with Gasteiger partial charge in [-0.2, -0.15) is 13.2 Å². The summed E-state index contributed by atoms with van der Waals surface area (Å²) in [5, 5.41) is 4.88. The summed E-state index contributed by atoms with van der Waals surface area (Å²) in [5.41, 5.74) is 0.349. The minimum absolute atomic E-state index is 0.102. The van der Waals surface area contributed by atoms with Gasteiger partial charge in [-0.3, -0.25) is 9.59 Å². The summed E-state index contributed by atoms with van der Waals surface area (Å²) in [6, 6.07) is 8.21. The summed E-state index contributed by atoms with van der Waals surface area (Å²) in [5.74, 6) is -0.870. The molecule has 2 N–H and O–H groups in total. The van der Waals surface area contributed by atoms with Crippen molar-refractivity contribution in [2.75, 3.05) is 14.1 Å². The molecule has 25 heavy (non-hydrogen) atoms. The molecule has 0 aliphatic carbocycles. The SMILES string of the molecule is CNC(=O)c1cc(C(=O)NC)cc(-c2ccc(C)c(C(F)(F)F)c2)c1. The first-order valence-corrected chi connectivity index (χ1v) is 7.45. The van der Waals surface area contributed by atoms with Crippen LogP contribution in [0.15, 0.2) is 36.4 Å². The zero-order valence-electron chi connectivity index (χ0n) is 13.9. The molecule has 0 atom stereocenters. The predicted octanol–water partition coefficient (Wildman–Crippen LogP) is 3.40. The Labute approximate surface area is 143 Å². The lowest BCUT2D eigenvalue weighted by atomic mass is 9.96. The molecule has 2 aromatic rings. The number of halogens is 3. The second-order valence-corrected chi connectivity index (χ2v) is 5.48. The van der Waals surface area contributed by atoms with Gasteiger partial charge >= 0.3 is 6.18 Å². The average molecular weight is 350 g/mol. The van der Waals surface area contributed by atoms with Gasteiger partial charge in [0.05, 0.1) is 5.56 Å². The molecule has 0 fully saturated rings. The van der Waals surface area contributed by atoms with Crippen molar-refractivity contribution in [3.8, 4) is 11.1 Å². The number of hydrogen-bond donors (Lipinski definition) is 2. The second-order valence-electron chi connectivity index (χ2n) is 5.48. The van der Waals surface area contributed by atoms with Gasteiger partial charge in [0, 0.05) is 25.2 Å². The van der Waals surface area contributed by atoms with Crippen LogP contribution in [0.1, 0.15) is 31.8 Å².